The number of nitrogens with zero attached hydrogens (tertiary/aromatic N) is 1. The number of esters is 1. The molecule has 0 aromatic heterocycles. The first-order valence-electron chi connectivity index (χ1n) is 4.48. The topological polar surface area (TPSA) is 70.3 Å². The van der Waals surface area contributed by atoms with E-state index in [1.807, 2.05) is 6.07 Å². The van der Waals surface area contributed by atoms with Crippen molar-refractivity contribution in [1.82, 2.24) is 0 Å². The van der Waals surface area contributed by atoms with Gasteiger partial charge < -0.3 is 9.84 Å². The van der Waals surface area contributed by atoms with E-state index in [4.69, 9.17) is 5.26 Å². The van der Waals surface area contributed by atoms with Crippen molar-refractivity contribution in [2.45, 2.75) is 0 Å². The fourth-order valence-corrected chi connectivity index (χ4v) is 1.41. The van der Waals surface area contributed by atoms with Gasteiger partial charge in [-0.25, -0.2) is 4.79 Å². The van der Waals surface area contributed by atoms with Crippen LogP contribution in [0.3, 0.4) is 0 Å². The van der Waals surface area contributed by atoms with Gasteiger partial charge in [0.1, 0.15) is 5.57 Å². The van der Waals surface area contributed by atoms with E-state index in [2.05, 4.69) is 11.3 Å². The number of benzene rings is 1. The van der Waals surface area contributed by atoms with Crippen LogP contribution in [-0.4, -0.2) is 11.1 Å². The largest absolute Gasteiger partial charge is 0.504 e. The van der Waals surface area contributed by atoms with Gasteiger partial charge in [-0.15, -0.1) is 0 Å². The minimum absolute atomic E-state index is 0.0515. The summed E-state index contributed by atoms with van der Waals surface area (Å²) in [5.74, 6) is -0.939. The predicted octanol–water partition coefficient (Wildman–Crippen LogP) is 1.90. The molecule has 1 heterocycles. The Balaban J connectivity index is 2.49. The van der Waals surface area contributed by atoms with Crippen LogP contribution in [0.2, 0.25) is 0 Å². The van der Waals surface area contributed by atoms with E-state index in [1.54, 1.807) is 24.3 Å². The van der Waals surface area contributed by atoms with Crippen LogP contribution in [-0.2, 0) is 9.53 Å². The summed E-state index contributed by atoms with van der Waals surface area (Å²) in [6, 6.07) is 8.23. The first-order valence-corrected chi connectivity index (χ1v) is 4.48. The van der Waals surface area contributed by atoms with Gasteiger partial charge in [0, 0.05) is 0 Å². The Kier molecular flexibility index (Phi) is 2.22. The molecule has 16 heavy (non-hydrogen) atoms. The predicted molar refractivity (Wildman–Crippen MR) is 55.9 cm³/mol. The monoisotopic (exact) mass is 213 g/mol. The summed E-state index contributed by atoms with van der Waals surface area (Å²) in [5.41, 5.74) is 1.06. The van der Waals surface area contributed by atoms with Crippen molar-refractivity contribution in [3.63, 3.8) is 0 Å². The molecule has 0 fully saturated rings. The molecule has 1 N–H and O–H groups in total. The van der Waals surface area contributed by atoms with E-state index < -0.39 is 5.97 Å². The molecule has 0 atom stereocenters. The number of hydrogen-bond acceptors (Lipinski definition) is 4. The molecule has 4 nitrogen and oxygen atoms in total. The summed E-state index contributed by atoms with van der Waals surface area (Å²) in [6.07, 6.45) is 0. The number of ether oxygens (including phenoxy) is 1. The zero-order valence-corrected chi connectivity index (χ0v) is 8.23. The van der Waals surface area contributed by atoms with Crippen molar-refractivity contribution >= 4 is 11.5 Å². The average molecular weight is 213 g/mol. The molecule has 0 aliphatic carbocycles. The second-order valence-corrected chi connectivity index (χ2v) is 3.23. The number of carbonyl (C=O) groups excluding carboxylic acids is 1. The van der Waals surface area contributed by atoms with Gasteiger partial charge in [0.2, 0.25) is 0 Å². The zero-order valence-electron chi connectivity index (χ0n) is 8.23. The van der Waals surface area contributed by atoms with Crippen LogP contribution in [0.25, 0.3) is 5.57 Å². The lowest BCUT2D eigenvalue weighted by molar-refractivity contribution is -0.131. The second-order valence-electron chi connectivity index (χ2n) is 3.23. The molecule has 0 saturated carbocycles. The molecule has 0 amide bonds. The lowest BCUT2D eigenvalue weighted by atomic mass is 10.0. The Bertz CT molecular complexity index is 547. The molecule has 2 rings (SSSR count). The van der Waals surface area contributed by atoms with E-state index in [1.165, 1.54) is 0 Å². The first kappa shape index (κ1) is 9.99. The van der Waals surface area contributed by atoms with Crippen molar-refractivity contribution in [3.8, 4) is 6.07 Å². The van der Waals surface area contributed by atoms with Crippen LogP contribution in [0.4, 0.5) is 0 Å². The van der Waals surface area contributed by atoms with E-state index in [9.17, 15) is 9.90 Å². The van der Waals surface area contributed by atoms with Crippen molar-refractivity contribution in [3.05, 3.63) is 53.5 Å². The summed E-state index contributed by atoms with van der Waals surface area (Å²) in [7, 11) is 0. The number of hydrogen-bond donors (Lipinski definition) is 1. The minimum Gasteiger partial charge on any atom is -0.504 e. The zero-order chi connectivity index (χ0) is 11.7. The average Bonchev–Trinajstić information content (AvgIpc) is 2.54. The van der Waals surface area contributed by atoms with Gasteiger partial charge in [0.25, 0.3) is 0 Å². The highest BCUT2D eigenvalue weighted by atomic mass is 16.6. The molecule has 1 aliphatic heterocycles. The third-order valence-electron chi connectivity index (χ3n) is 2.22. The normalized spacial score (nSPS) is 14.9. The molecule has 1 aliphatic rings. The molecule has 1 aromatic carbocycles. The summed E-state index contributed by atoms with van der Waals surface area (Å²) in [6.45, 7) is 3.39. The van der Waals surface area contributed by atoms with Gasteiger partial charge >= 0.3 is 5.97 Å². The Labute approximate surface area is 91.7 Å². The molecular formula is C12H7NO3. The number of carbonyl (C=O) groups is 1. The Hall–Kier alpha value is -2.54. The standard InChI is InChI=1S/C12H7NO3/c1-7-11(14)10(12(15)16-7)9-4-2-8(6-13)3-5-9/h2-5,14H,1H2. The van der Waals surface area contributed by atoms with Crippen LogP contribution in [0.15, 0.2) is 42.4 Å². The van der Waals surface area contributed by atoms with Crippen LogP contribution < -0.4 is 0 Å². The highest BCUT2D eigenvalue weighted by Crippen LogP contribution is 2.30. The third kappa shape index (κ3) is 1.44. The molecule has 0 bridgehead atoms. The van der Waals surface area contributed by atoms with Gasteiger partial charge in [-0.2, -0.15) is 5.26 Å². The van der Waals surface area contributed by atoms with Gasteiger partial charge in [0.05, 0.1) is 11.6 Å². The Morgan fingerprint density at radius 1 is 1.31 bits per heavy atom. The maximum atomic E-state index is 11.4. The maximum Gasteiger partial charge on any atom is 0.348 e. The van der Waals surface area contributed by atoms with Crippen molar-refractivity contribution in [2.24, 2.45) is 0 Å². The third-order valence-corrected chi connectivity index (χ3v) is 2.22. The van der Waals surface area contributed by atoms with Crippen molar-refractivity contribution < 1.29 is 14.6 Å². The maximum absolute atomic E-state index is 11.4. The van der Waals surface area contributed by atoms with Gasteiger partial charge in [0.15, 0.2) is 11.5 Å². The highest BCUT2D eigenvalue weighted by Gasteiger charge is 2.29. The summed E-state index contributed by atoms with van der Waals surface area (Å²) in [5, 5.41) is 18.2. The summed E-state index contributed by atoms with van der Waals surface area (Å²) in [4.78, 5) is 11.4. The van der Waals surface area contributed by atoms with Crippen LogP contribution >= 0.6 is 0 Å². The molecular weight excluding hydrogens is 206 g/mol. The number of aliphatic hydroxyl groups is 1. The number of nitriles is 1. The van der Waals surface area contributed by atoms with E-state index in [0.29, 0.717) is 11.1 Å². The van der Waals surface area contributed by atoms with Crippen LogP contribution in [0.1, 0.15) is 11.1 Å². The molecule has 0 unspecified atom stereocenters. The van der Waals surface area contributed by atoms with E-state index in [-0.39, 0.29) is 17.1 Å². The van der Waals surface area contributed by atoms with Crippen LogP contribution in [0, 0.1) is 11.3 Å². The lowest BCUT2D eigenvalue weighted by Gasteiger charge is -1.98. The molecule has 1 aromatic rings. The second kappa shape index (κ2) is 3.55. The number of aliphatic hydroxyl groups excluding tert-OH is 1. The molecule has 78 valence electrons. The fourth-order valence-electron chi connectivity index (χ4n) is 1.41. The van der Waals surface area contributed by atoms with Crippen LogP contribution in [0.5, 0.6) is 0 Å². The smallest absolute Gasteiger partial charge is 0.348 e. The summed E-state index contributed by atoms with van der Waals surface area (Å²) < 4.78 is 4.67. The number of rotatable bonds is 1. The van der Waals surface area contributed by atoms with Gasteiger partial charge in [-0.3, -0.25) is 0 Å². The van der Waals surface area contributed by atoms with Crippen molar-refractivity contribution in [2.75, 3.05) is 0 Å². The number of cyclic esters (lactones) is 1. The van der Waals surface area contributed by atoms with Gasteiger partial charge in [-0.05, 0) is 17.7 Å². The van der Waals surface area contributed by atoms with Gasteiger partial charge in [-0.1, -0.05) is 18.7 Å². The fraction of sp³-hybridized carbons (Fsp3) is 0. The molecule has 0 spiro atoms. The highest BCUT2D eigenvalue weighted by molar-refractivity contribution is 6.20. The molecule has 0 radical (unpaired) electrons. The van der Waals surface area contributed by atoms with Crippen molar-refractivity contribution in [1.29, 1.82) is 5.26 Å². The first-order chi connectivity index (χ1) is 7.63. The minimum atomic E-state index is -0.632. The SMILES string of the molecule is C=C1OC(=O)C(c2ccc(C#N)cc2)=C1O. The molecule has 4 heteroatoms. The van der Waals surface area contributed by atoms with E-state index >= 15 is 0 Å². The Morgan fingerprint density at radius 2 is 1.94 bits per heavy atom. The quantitative estimate of drug-likeness (QED) is 0.723. The summed E-state index contributed by atoms with van der Waals surface area (Å²) >= 11 is 0. The van der Waals surface area contributed by atoms with E-state index in [0.717, 1.165) is 0 Å². The lowest BCUT2D eigenvalue weighted by Crippen LogP contribution is -1.98. The Morgan fingerprint density at radius 3 is 2.38 bits per heavy atom. The molecule has 0 saturated heterocycles.